The van der Waals surface area contributed by atoms with Crippen LogP contribution < -0.4 is 10.6 Å². The summed E-state index contributed by atoms with van der Waals surface area (Å²) in [5.41, 5.74) is 1.58. The maximum absolute atomic E-state index is 14.6. The van der Waals surface area contributed by atoms with Gasteiger partial charge in [0.05, 0.1) is 5.69 Å². The number of carbonyl (C=O) groups is 1. The van der Waals surface area contributed by atoms with Gasteiger partial charge in [-0.15, -0.1) is 12.4 Å². The first kappa shape index (κ1) is 18.7. The third-order valence-electron chi connectivity index (χ3n) is 4.96. The molecule has 0 aromatic heterocycles. The molecule has 0 bridgehead atoms. The van der Waals surface area contributed by atoms with Gasteiger partial charge in [0.2, 0.25) is 5.91 Å². The van der Waals surface area contributed by atoms with E-state index >= 15 is 0 Å². The van der Waals surface area contributed by atoms with Crippen molar-refractivity contribution >= 4 is 24.0 Å². The normalized spacial score (nSPS) is 20.7. The number of halogens is 4. The minimum atomic E-state index is -0.646. The standard InChI is InChI=1S/C19H17F3N2O.ClH/c20-14-2-1-3-15(21)17(14)12-8-13(12)19(25)24-16-5-4-10-9-23-7-6-11(10)18(16)22;/h1-5,12-13,23H,6-9H2,(H,24,25);1H. The number of nitrogens with one attached hydrogen (secondary N) is 2. The van der Waals surface area contributed by atoms with E-state index in [1.807, 2.05) is 0 Å². The molecule has 1 heterocycles. The highest BCUT2D eigenvalue weighted by Crippen LogP contribution is 2.49. The number of hydrogen-bond acceptors (Lipinski definition) is 2. The number of hydrogen-bond donors (Lipinski definition) is 2. The second kappa shape index (κ2) is 7.29. The maximum atomic E-state index is 14.6. The van der Waals surface area contributed by atoms with Crippen LogP contribution in [0.3, 0.4) is 0 Å². The van der Waals surface area contributed by atoms with Gasteiger partial charge in [0, 0.05) is 23.9 Å². The zero-order chi connectivity index (χ0) is 17.6. The molecule has 1 aliphatic heterocycles. The molecule has 26 heavy (non-hydrogen) atoms. The molecule has 2 aliphatic rings. The first-order valence-electron chi connectivity index (χ1n) is 8.32. The SMILES string of the molecule is Cl.O=C(Nc1ccc2c(c1F)CCNC2)C1CC1c1c(F)cccc1F. The zero-order valence-electron chi connectivity index (χ0n) is 13.8. The molecule has 0 radical (unpaired) electrons. The maximum Gasteiger partial charge on any atom is 0.228 e. The van der Waals surface area contributed by atoms with Crippen LogP contribution in [0.1, 0.15) is 29.0 Å². The summed E-state index contributed by atoms with van der Waals surface area (Å²) in [6, 6.07) is 7.00. The van der Waals surface area contributed by atoms with Gasteiger partial charge in [-0.1, -0.05) is 12.1 Å². The van der Waals surface area contributed by atoms with Crippen molar-refractivity contribution in [3.63, 3.8) is 0 Å². The molecule has 1 aliphatic carbocycles. The monoisotopic (exact) mass is 382 g/mol. The fourth-order valence-corrected chi connectivity index (χ4v) is 3.52. The van der Waals surface area contributed by atoms with E-state index in [0.29, 0.717) is 31.5 Å². The van der Waals surface area contributed by atoms with Crippen LogP contribution in [0, 0.1) is 23.4 Å². The fraction of sp³-hybridized carbons (Fsp3) is 0.316. The quantitative estimate of drug-likeness (QED) is 0.845. The summed E-state index contributed by atoms with van der Waals surface area (Å²) in [5, 5.41) is 5.75. The van der Waals surface area contributed by atoms with Gasteiger partial charge >= 0.3 is 0 Å². The molecule has 2 N–H and O–H groups in total. The first-order valence-corrected chi connectivity index (χ1v) is 8.32. The molecule has 1 saturated carbocycles. The fourth-order valence-electron chi connectivity index (χ4n) is 3.52. The third-order valence-corrected chi connectivity index (χ3v) is 4.96. The summed E-state index contributed by atoms with van der Waals surface area (Å²) in [7, 11) is 0. The van der Waals surface area contributed by atoms with Gasteiger partial charge < -0.3 is 10.6 Å². The molecule has 2 atom stereocenters. The van der Waals surface area contributed by atoms with E-state index in [9.17, 15) is 18.0 Å². The molecule has 0 spiro atoms. The highest BCUT2D eigenvalue weighted by Gasteiger charge is 2.46. The molecular weight excluding hydrogens is 365 g/mol. The van der Waals surface area contributed by atoms with E-state index in [-0.39, 0.29) is 23.7 Å². The average molecular weight is 383 g/mol. The minimum Gasteiger partial charge on any atom is -0.323 e. The van der Waals surface area contributed by atoms with Crippen LogP contribution in [0.2, 0.25) is 0 Å². The van der Waals surface area contributed by atoms with Gasteiger partial charge in [-0.2, -0.15) is 0 Å². The van der Waals surface area contributed by atoms with Crippen molar-refractivity contribution < 1.29 is 18.0 Å². The predicted molar refractivity (Wildman–Crippen MR) is 94.9 cm³/mol. The second-order valence-electron chi connectivity index (χ2n) is 6.56. The van der Waals surface area contributed by atoms with E-state index in [0.717, 1.165) is 5.56 Å². The lowest BCUT2D eigenvalue weighted by Crippen LogP contribution is -2.25. The molecule has 138 valence electrons. The van der Waals surface area contributed by atoms with Gasteiger partial charge in [0.25, 0.3) is 0 Å². The summed E-state index contributed by atoms with van der Waals surface area (Å²) in [5.74, 6) is -3.14. The lowest BCUT2D eigenvalue weighted by atomic mass is 9.99. The third kappa shape index (κ3) is 3.31. The molecule has 1 amide bonds. The Balaban J connectivity index is 0.00000196. The van der Waals surface area contributed by atoms with Crippen LogP contribution in [0.4, 0.5) is 18.9 Å². The Morgan fingerprint density at radius 2 is 1.85 bits per heavy atom. The average Bonchev–Trinajstić information content (AvgIpc) is 3.38. The van der Waals surface area contributed by atoms with Crippen LogP contribution in [-0.2, 0) is 17.8 Å². The zero-order valence-corrected chi connectivity index (χ0v) is 14.6. The minimum absolute atomic E-state index is 0. The van der Waals surface area contributed by atoms with E-state index in [1.165, 1.54) is 18.2 Å². The molecule has 2 unspecified atom stereocenters. The van der Waals surface area contributed by atoms with Crippen LogP contribution >= 0.6 is 12.4 Å². The van der Waals surface area contributed by atoms with Crippen LogP contribution in [0.15, 0.2) is 30.3 Å². The number of fused-ring (bicyclic) bond motifs is 1. The largest absolute Gasteiger partial charge is 0.323 e. The Morgan fingerprint density at radius 1 is 1.12 bits per heavy atom. The predicted octanol–water partition coefficient (Wildman–Crippen LogP) is 3.91. The van der Waals surface area contributed by atoms with Crippen molar-refractivity contribution in [2.45, 2.75) is 25.3 Å². The van der Waals surface area contributed by atoms with Crippen molar-refractivity contribution in [1.29, 1.82) is 0 Å². The number of carbonyl (C=O) groups excluding carboxylic acids is 1. The van der Waals surface area contributed by atoms with Gasteiger partial charge in [-0.05, 0) is 48.7 Å². The second-order valence-corrected chi connectivity index (χ2v) is 6.56. The smallest absolute Gasteiger partial charge is 0.228 e. The highest BCUT2D eigenvalue weighted by atomic mass is 35.5. The van der Waals surface area contributed by atoms with Crippen molar-refractivity contribution in [3.05, 3.63) is 64.5 Å². The molecule has 7 heteroatoms. The number of anilines is 1. The summed E-state index contributed by atoms with van der Waals surface area (Å²) < 4.78 is 42.2. The van der Waals surface area contributed by atoms with Crippen molar-refractivity contribution in [3.8, 4) is 0 Å². The van der Waals surface area contributed by atoms with E-state index < -0.39 is 35.2 Å². The molecule has 2 aromatic rings. The highest BCUT2D eigenvalue weighted by molar-refractivity contribution is 5.95. The van der Waals surface area contributed by atoms with E-state index in [1.54, 1.807) is 12.1 Å². The molecule has 0 saturated heterocycles. The lowest BCUT2D eigenvalue weighted by molar-refractivity contribution is -0.117. The van der Waals surface area contributed by atoms with Crippen LogP contribution in [0.25, 0.3) is 0 Å². The van der Waals surface area contributed by atoms with Crippen molar-refractivity contribution in [1.82, 2.24) is 5.32 Å². The molecule has 4 rings (SSSR count). The molecule has 2 aromatic carbocycles. The number of amides is 1. The first-order chi connectivity index (χ1) is 12.1. The Labute approximate surface area is 155 Å². The van der Waals surface area contributed by atoms with Gasteiger partial charge in [0.1, 0.15) is 17.5 Å². The Bertz CT molecular complexity index is 839. The van der Waals surface area contributed by atoms with E-state index in [2.05, 4.69) is 10.6 Å². The molecule has 1 fully saturated rings. The van der Waals surface area contributed by atoms with E-state index in [4.69, 9.17) is 0 Å². The molecule has 3 nitrogen and oxygen atoms in total. The molecular formula is C19H18ClF3N2O. The van der Waals surface area contributed by atoms with Crippen molar-refractivity contribution in [2.75, 3.05) is 11.9 Å². The van der Waals surface area contributed by atoms with Gasteiger partial charge in [0.15, 0.2) is 0 Å². The Hall–Kier alpha value is -2.05. The van der Waals surface area contributed by atoms with Crippen LogP contribution in [-0.4, -0.2) is 12.5 Å². The summed E-state index contributed by atoms with van der Waals surface area (Å²) in [6.45, 7) is 1.30. The van der Waals surface area contributed by atoms with Gasteiger partial charge in [-0.25, -0.2) is 13.2 Å². The van der Waals surface area contributed by atoms with Gasteiger partial charge in [-0.3, -0.25) is 4.79 Å². The number of benzene rings is 2. The summed E-state index contributed by atoms with van der Waals surface area (Å²) >= 11 is 0. The Kier molecular flexibility index (Phi) is 5.25. The van der Waals surface area contributed by atoms with Crippen molar-refractivity contribution in [2.24, 2.45) is 5.92 Å². The number of rotatable bonds is 3. The summed E-state index contributed by atoms with van der Waals surface area (Å²) in [6.07, 6.45) is 0.928. The Morgan fingerprint density at radius 3 is 2.58 bits per heavy atom. The summed E-state index contributed by atoms with van der Waals surface area (Å²) in [4.78, 5) is 12.4. The lowest BCUT2D eigenvalue weighted by Gasteiger charge is -2.19. The van der Waals surface area contributed by atoms with Crippen LogP contribution in [0.5, 0.6) is 0 Å². The topological polar surface area (TPSA) is 41.1 Å².